The van der Waals surface area contributed by atoms with Crippen molar-refractivity contribution in [3.8, 4) is 0 Å². The molecule has 1 heterocycles. The van der Waals surface area contributed by atoms with E-state index in [0.717, 1.165) is 5.56 Å². The number of oxime groups is 1. The molecule has 0 fully saturated rings. The SMILES string of the molecule is COC(=O)/C=C/CNC(=O)C1(C)CC(c2ccccc2Cl)=NO1. The molecule has 0 spiro atoms. The molecule has 0 saturated heterocycles. The third kappa shape index (κ3) is 4.10. The van der Waals surface area contributed by atoms with Gasteiger partial charge in [-0.3, -0.25) is 4.79 Å². The van der Waals surface area contributed by atoms with Gasteiger partial charge in [-0.25, -0.2) is 4.79 Å². The number of nitrogens with one attached hydrogen (secondary N) is 1. The predicted molar refractivity (Wildman–Crippen MR) is 86.3 cm³/mol. The lowest BCUT2D eigenvalue weighted by atomic mass is 9.95. The van der Waals surface area contributed by atoms with Gasteiger partial charge in [0.2, 0.25) is 5.60 Å². The number of carbonyl (C=O) groups excluding carboxylic acids is 2. The summed E-state index contributed by atoms with van der Waals surface area (Å²) < 4.78 is 4.46. The van der Waals surface area contributed by atoms with Crippen molar-refractivity contribution >= 4 is 29.2 Å². The average Bonchev–Trinajstić information content (AvgIpc) is 2.95. The summed E-state index contributed by atoms with van der Waals surface area (Å²) in [6.45, 7) is 1.84. The minimum Gasteiger partial charge on any atom is -0.466 e. The minimum absolute atomic E-state index is 0.189. The Morgan fingerprint density at radius 3 is 2.91 bits per heavy atom. The number of carbonyl (C=O) groups is 2. The van der Waals surface area contributed by atoms with Crippen LogP contribution < -0.4 is 5.32 Å². The zero-order valence-electron chi connectivity index (χ0n) is 12.8. The molecular formula is C16H17ClN2O4. The lowest BCUT2D eigenvalue weighted by molar-refractivity contribution is -0.141. The summed E-state index contributed by atoms with van der Waals surface area (Å²) in [4.78, 5) is 28.5. The summed E-state index contributed by atoms with van der Waals surface area (Å²) in [5.41, 5.74) is 0.266. The predicted octanol–water partition coefficient (Wildman–Crippen LogP) is 2.07. The van der Waals surface area contributed by atoms with E-state index in [1.165, 1.54) is 19.3 Å². The van der Waals surface area contributed by atoms with Crippen LogP contribution in [0.5, 0.6) is 0 Å². The van der Waals surface area contributed by atoms with Crippen molar-refractivity contribution in [2.75, 3.05) is 13.7 Å². The van der Waals surface area contributed by atoms with E-state index in [-0.39, 0.29) is 12.5 Å². The van der Waals surface area contributed by atoms with Gasteiger partial charge in [0.05, 0.1) is 12.8 Å². The van der Waals surface area contributed by atoms with Gasteiger partial charge in [0.1, 0.15) is 0 Å². The number of ether oxygens (including phenoxy) is 1. The Labute approximate surface area is 139 Å². The van der Waals surface area contributed by atoms with Crippen LogP contribution in [0.3, 0.4) is 0 Å². The Kier molecular flexibility index (Phi) is 5.39. The molecule has 1 aliphatic heterocycles. The first kappa shape index (κ1) is 17.0. The minimum atomic E-state index is -1.10. The maximum Gasteiger partial charge on any atom is 0.330 e. The van der Waals surface area contributed by atoms with Gasteiger partial charge in [-0.1, -0.05) is 41.0 Å². The number of methoxy groups -OCH3 is 1. The van der Waals surface area contributed by atoms with E-state index in [4.69, 9.17) is 16.4 Å². The number of esters is 1. The van der Waals surface area contributed by atoms with Crippen LogP contribution in [0.4, 0.5) is 0 Å². The van der Waals surface area contributed by atoms with E-state index >= 15 is 0 Å². The summed E-state index contributed by atoms with van der Waals surface area (Å²) in [7, 11) is 1.28. The third-order valence-electron chi connectivity index (χ3n) is 3.36. The summed E-state index contributed by atoms with van der Waals surface area (Å²) in [5.74, 6) is -0.801. The first-order chi connectivity index (χ1) is 11.0. The zero-order valence-corrected chi connectivity index (χ0v) is 13.6. The van der Waals surface area contributed by atoms with Gasteiger partial charge >= 0.3 is 5.97 Å². The fourth-order valence-electron chi connectivity index (χ4n) is 2.06. The van der Waals surface area contributed by atoms with Gasteiger partial charge in [-0.2, -0.15) is 0 Å². The Hall–Kier alpha value is -2.34. The van der Waals surface area contributed by atoms with Crippen molar-refractivity contribution in [1.82, 2.24) is 5.32 Å². The summed E-state index contributed by atoms with van der Waals surface area (Å²) >= 11 is 6.13. The molecule has 1 N–H and O–H groups in total. The molecule has 0 saturated carbocycles. The molecular weight excluding hydrogens is 320 g/mol. The quantitative estimate of drug-likeness (QED) is 0.659. The monoisotopic (exact) mass is 336 g/mol. The number of hydrogen-bond donors (Lipinski definition) is 1. The smallest absolute Gasteiger partial charge is 0.330 e. The van der Waals surface area contributed by atoms with Crippen LogP contribution in [0.25, 0.3) is 0 Å². The highest BCUT2D eigenvalue weighted by Gasteiger charge is 2.42. The second-order valence-corrected chi connectivity index (χ2v) is 5.56. The lowest BCUT2D eigenvalue weighted by Crippen LogP contribution is -2.44. The van der Waals surface area contributed by atoms with Gasteiger partial charge in [0, 0.05) is 29.6 Å². The largest absolute Gasteiger partial charge is 0.466 e. The van der Waals surface area contributed by atoms with E-state index in [9.17, 15) is 9.59 Å². The second kappa shape index (κ2) is 7.28. The van der Waals surface area contributed by atoms with Crippen molar-refractivity contribution in [3.05, 3.63) is 47.0 Å². The van der Waals surface area contributed by atoms with E-state index in [1.54, 1.807) is 13.0 Å². The summed E-state index contributed by atoms with van der Waals surface area (Å²) in [6, 6.07) is 7.25. The molecule has 0 radical (unpaired) electrons. The van der Waals surface area contributed by atoms with Gasteiger partial charge < -0.3 is 14.9 Å². The van der Waals surface area contributed by atoms with Gasteiger partial charge in [0.25, 0.3) is 5.91 Å². The maximum atomic E-state index is 12.3. The molecule has 1 aromatic rings. The molecule has 1 amide bonds. The second-order valence-electron chi connectivity index (χ2n) is 5.15. The Bertz CT molecular complexity index is 672. The maximum absolute atomic E-state index is 12.3. The standard InChI is InChI=1S/C16H17ClN2O4/c1-16(15(21)18-9-5-8-14(20)22-2)10-13(19-23-16)11-6-3-4-7-12(11)17/h3-8H,9-10H2,1-2H3,(H,18,21)/b8-5+. The van der Waals surface area contributed by atoms with Crippen LogP contribution in [0.15, 0.2) is 41.6 Å². The fraction of sp³-hybridized carbons (Fsp3) is 0.312. The van der Waals surface area contributed by atoms with Crippen molar-refractivity contribution in [1.29, 1.82) is 0 Å². The van der Waals surface area contributed by atoms with Gasteiger partial charge in [0.15, 0.2) is 0 Å². The fourth-order valence-corrected chi connectivity index (χ4v) is 2.31. The zero-order chi connectivity index (χ0) is 16.9. The Morgan fingerprint density at radius 2 is 2.22 bits per heavy atom. The van der Waals surface area contributed by atoms with E-state index < -0.39 is 11.6 Å². The van der Waals surface area contributed by atoms with Crippen molar-refractivity contribution in [3.63, 3.8) is 0 Å². The topological polar surface area (TPSA) is 77.0 Å². The van der Waals surface area contributed by atoms with Crippen LogP contribution in [-0.4, -0.2) is 36.8 Å². The highest BCUT2D eigenvalue weighted by Crippen LogP contribution is 2.29. The Balaban J connectivity index is 1.94. The lowest BCUT2D eigenvalue weighted by Gasteiger charge is -2.19. The number of amides is 1. The number of hydrogen-bond acceptors (Lipinski definition) is 5. The molecule has 1 atom stereocenters. The molecule has 0 aliphatic carbocycles. The van der Waals surface area contributed by atoms with E-state index in [0.29, 0.717) is 17.2 Å². The molecule has 0 bridgehead atoms. The van der Waals surface area contributed by atoms with Gasteiger partial charge in [-0.15, -0.1) is 0 Å². The molecule has 0 aromatic heterocycles. The van der Waals surface area contributed by atoms with Gasteiger partial charge in [-0.05, 0) is 13.0 Å². The van der Waals surface area contributed by atoms with E-state index in [1.807, 2.05) is 18.2 Å². The number of benzene rings is 1. The molecule has 2 rings (SSSR count). The summed E-state index contributed by atoms with van der Waals surface area (Å²) in [6.07, 6.45) is 3.05. The summed E-state index contributed by atoms with van der Waals surface area (Å²) in [5, 5.41) is 7.21. The van der Waals surface area contributed by atoms with Crippen molar-refractivity contribution in [2.45, 2.75) is 18.9 Å². The third-order valence-corrected chi connectivity index (χ3v) is 3.69. The molecule has 6 nitrogen and oxygen atoms in total. The average molecular weight is 337 g/mol. The molecule has 23 heavy (non-hydrogen) atoms. The molecule has 1 aliphatic rings. The Morgan fingerprint density at radius 1 is 1.48 bits per heavy atom. The van der Waals surface area contributed by atoms with E-state index in [2.05, 4.69) is 15.2 Å². The highest BCUT2D eigenvalue weighted by molar-refractivity contribution is 6.34. The highest BCUT2D eigenvalue weighted by atomic mass is 35.5. The van der Waals surface area contributed by atoms with Crippen LogP contribution >= 0.6 is 11.6 Å². The molecule has 7 heteroatoms. The van der Waals surface area contributed by atoms with Crippen LogP contribution in [0.2, 0.25) is 5.02 Å². The van der Waals surface area contributed by atoms with Crippen molar-refractivity contribution in [2.24, 2.45) is 5.16 Å². The van der Waals surface area contributed by atoms with Crippen LogP contribution in [0.1, 0.15) is 18.9 Å². The number of nitrogens with zero attached hydrogens (tertiary/aromatic N) is 1. The normalized spacial score (nSPS) is 20.0. The van der Waals surface area contributed by atoms with Crippen LogP contribution in [0, 0.1) is 0 Å². The van der Waals surface area contributed by atoms with Crippen molar-refractivity contribution < 1.29 is 19.2 Å². The van der Waals surface area contributed by atoms with Crippen LogP contribution in [-0.2, 0) is 19.2 Å². The molecule has 1 unspecified atom stereocenters. The first-order valence-corrected chi connectivity index (χ1v) is 7.37. The molecule has 1 aromatic carbocycles. The first-order valence-electron chi connectivity index (χ1n) is 6.99. The number of halogens is 1. The number of rotatable bonds is 5. The molecule has 122 valence electrons.